The van der Waals surface area contributed by atoms with Gasteiger partial charge in [-0.1, -0.05) is 54.6 Å². The molecule has 0 amide bonds. The Morgan fingerprint density at radius 1 is 0.846 bits per heavy atom. The van der Waals surface area contributed by atoms with Crippen molar-refractivity contribution in [2.24, 2.45) is 5.92 Å². The van der Waals surface area contributed by atoms with E-state index in [2.05, 4.69) is 45.9 Å². The number of carbonyl (C=O) groups excluding carboxylic acids is 1. The quantitative estimate of drug-likeness (QED) is 0.232. The molecule has 0 aliphatic heterocycles. The van der Waals surface area contributed by atoms with Crippen molar-refractivity contribution in [1.82, 2.24) is 0 Å². The van der Waals surface area contributed by atoms with Crippen molar-refractivity contribution >= 4 is 5.97 Å². The zero-order valence-electron chi connectivity index (χ0n) is 17.6. The molecule has 1 aliphatic rings. The molecule has 1 fully saturated rings. The van der Waals surface area contributed by atoms with E-state index in [1.807, 2.05) is 0 Å². The topological polar surface area (TPSA) is 26.3 Å². The van der Waals surface area contributed by atoms with E-state index in [9.17, 15) is 4.79 Å². The summed E-state index contributed by atoms with van der Waals surface area (Å²) in [4.78, 5) is 12.0. The van der Waals surface area contributed by atoms with Crippen molar-refractivity contribution in [2.45, 2.75) is 98.3 Å². The van der Waals surface area contributed by atoms with Gasteiger partial charge in [-0.2, -0.15) is 0 Å². The maximum atomic E-state index is 12.0. The van der Waals surface area contributed by atoms with Crippen molar-refractivity contribution in [2.75, 3.05) is 6.61 Å². The smallest absolute Gasteiger partial charge is 0.306 e. The van der Waals surface area contributed by atoms with Crippen LogP contribution in [0.4, 0.5) is 0 Å². The van der Waals surface area contributed by atoms with E-state index in [0.29, 0.717) is 18.9 Å². The Labute approximate surface area is 161 Å². The van der Waals surface area contributed by atoms with E-state index in [-0.39, 0.29) is 5.97 Å². The Hall–Kier alpha value is -1.31. The van der Waals surface area contributed by atoms with Gasteiger partial charge >= 0.3 is 5.97 Å². The average molecular weight is 361 g/mol. The Bertz CT molecular complexity index is 484. The molecule has 0 heterocycles. The molecule has 26 heavy (non-hydrogen) atoms. The molecule has 2 heteroatoms. The number of carbonyl (C=O) groups is 1. The van der Waals surface area contributed by atoms with Gasteiger partial charge in [0, 0.05) is 6.42 Å². The highest BCUT2D eigenvalue weighted by molar-refractivity contribution is 5.69. The minimum absolute atomic E-state index is 0.0176. The summed E-state index contributed by atoms with van der Waals surface area (Å²) < 4.78 is 5.42. The standard InChI is InChI=1S/C24H40O2/c1-20(2)11-9-12-21(3)13-10-14-22(4)17-18-26-24(25)19-23-15-7-5-6-8-16-23/h11,13,17,23H,5-10,12,14-16,18-19H2,1-4H3/b21-13+,22-17+. The molecule has 1 saturated carbocycles. The first-order chi connectivity index (χ1) is 12.5. The predicted octanol–water partition coefficient (Wildman–Crippen LogP) is 7.31. The van der Waals surface area contributed by atoms with Crippen LogP contribution in [0.3, 0.4) is 0 Å². The summed E-state index contributed by atoms with van der Waals surface area (Å²) in [5.41, 5.74) is 4.16. The van der Waals surface area contributed by atoms with Crippen LogP contribution in [0.1, 0.15) is 98.3 Å². The highest BCUT2D eigenvalue weighted by Gasteiger charge is 2.16. The molecular weight excluding hydrogens is 320 g/mol. The van der Waals surface area contributed by atoms with Gasteiger partial charge in [0.05, 0.1) is 0 Å². The average Bonchev–Trinajstić information content (AvgIpc) is 2.83. The molecule has 0 bridgehead atoms. The van der Waals surface area contributed by atoms with E-state index in [0.717, 1.165) is 25.7 Å². The van der Waals surface area contributed by atoms with Gasteiger partial charge in [-0.15, -0.1) is 0 Å². The van der Waals surface area contributed by atoms with Gasteiger partial charge in [0.1, 0.15) is 6.61 Å². The molecule has 0 aromatic rings. The summed E-state index contributed by atoms with van der Waals surface area (Å²) in [7, 11) is 0. The van der Waals surface area contributed by atoms with Crippen molar-refractivity contribution in [3.05, 3.63) is 34.9 Å². The molecule has 0 saturated heterocycles. The molecule has 0 aromatic heterocycles. The third-order valence-corrected chi connectivity index (χ3v) is 5.23. The molecule has 0 spiro atoms. The van der Waals surface area contributed by atoms with E-state index in [4.69, 9.17) is 4.74 Å². The van der Waals surface area contributed by atoms with Gasteiger partial charge in [0.15, 0.2) is 0 Å². The number of hydrogen-bond acceptors (Lipinski definition) is 2. The van der Waals surface area contributed by atoms with E-state index >= 15 is 0 Å². The van der Waals surface area contributed by atoms with Gasteiger partial charge in [0.2, 0.25) is 0 Å². The Morgan fingerprint density at radius 2 is 1.42 bits per heavy atom. The van der Waals surface area contributed by atoms with Crippen molar-refractivity contribution < 1.29 is 9.53 Å². The second kappa shape index (κ2) is 13.8. The largest absolute Gasteiger partial charge is 0.461 e. The highest BCUT2D eigenvalue weighted by Crippen LogP contribution is 2.25. The monoisotopic (exact) mass is 360 g/mol. The molecule has 1 rings (SSSR count). The lowest BCUT2D eigenvalue weighted by molar-refractivity contribution is -0.143. The van der Waals surface area contributed by atoms with E-state index in [1.165, 1.54) is 55.2 Å². The SMILES string of the molecule is CC(C)=CCC/C(C)=C/CC/C(C)=C/COC(=O)CC1CCCCCC1. The molecular formula is C24H40O2. The minimum Gasteiger partial charge on any atom is -0.461 e. The highest BCUT2D eigenvalue weighted by atomic mass is 16.5. The Morgan fingerprint density at radius 3 is 2.04 bits per heavy atom. The van der Waals surface area contributed by atoms with Crippen LogP contribution in [-0.4, -0.2) is 12.6 Å². The lowest BCUT2D eigenvalue weighted by atomic mass is 9.97. The van der Waals surface area contributed by atoms with Gasteiger partial charge in [-0.25, -0.2) is 0 Å². The number of ether oxygens (including phenoxy) is 1. The van der Waals surface area contributed by atoms with Crippen LogP contribution in [0, 0.1) is 5.92 Å². The molecule has 0 aromatic carbocycles. The van der Waals surface area contributed by atoms with Crippen LogP contribution >= 0.6 is 0 Å². The lowest BCUT2D eigenvalue weighted by Gasteiger charge is -2.12. The summed E-state index contributed by atoms with van der Waals surface area (Å²) in [5, 5.41) is 0. The van der Waals surface area contributed by atoms with Crippen molar-refractivity contribution in [3.63, 3.8) is 0 Å². The second-order valence-corrected chi connectivity index (χ2v) is 8.20. The maximum absolute atomic E-state index is 12.0. The van der Waals surface area contributed by atoms with Crippen molar-refractivity contribution in [3.8, 4) is 0 Å². The van der Waals surface area contributed by atoms with Gasteiger partial charge < -0.3 is 4.74 Å². The number of esters is 1. The minimum atomic E-state index is -0.0176. The lowest BCUT2D eigenvalue weighted by Crippen LogP contribution is -2.11. The van der Waals surface area contributed by atoms with Gasteiger partial charge in [0.25, 0.3) is 0 Å². The van der Waals surface area contributed by atoms with Crippen LogP contribution in [-0.2, 0) is 9.53 Å². The van der Waals surface area contributed by atoms with E-state index in [1.54, 1.807) is 0 Å². The van der Waals surface area contributed by atoms with Crippen LogP contribution in [0.15, 0.2) is 34.9 Å². The normalized spacial score (nSPS) is 16.9. The first-order valence-electron chi connectivity index (χ1n) is 10.6. The summed E-state index contributed by atoms with van der Waals surface area (Å²) in [5.74, 6) is 0.533. The number of rotatable bonds is 10. The van der Waals surface area contributed by atoms with Crippen LogP contribution < -0.4 is 0 Å². The fourth-order valence-electron chi connectivity index (χ4n) is 3.48. The molecule has 2 nitrogen and oxygen atoms in total. The summed E-state index contributed by atoms with van der Waals surface area (Å²) >= 11 is 0. The molecule has 0 atom stereocenters. The van der Waals surface area contributed by atoms with Gasteiger partial charge in [-0.3, -0.25) is 4.79 Å². The fraction of sp³-hybridized carbons (Fsp3) is 0.708. The predicted molar refractivity (Wildman–Crippen MR) is 112 cm³/mol. The third-order valence-electron chi connectivity index (χ3n) is 5.23. The number of hydrogen-bond donors (Lipinski definition) is 0. The second-order valence-electron chi connectivity index (χ2n) is 8.20. The molecule has 0 unspecified atom stereocenters. The van der Waals surface area contributed by atoms with Crippen LogP contribution in [0.25, 0.3) is 0 Å². The Balaban J connectivity index is 2.18. The first kappa shape index (κ1) is 22.7. The molecule has 1 aliphatic carbocycles. The van der Waals surface area contributed by atoms with Crippen LogP contribution in [0.2, 0.25) is 0 Å². The zero-order valence-corrected chi connectivity index (χ0v) is 17.6. The molecule has 0 N–H and O–H groups in total. The molecule has 148 valence electrons. The molecule has 0 radical (unpaired) electrons. The number of allylic oxidation sites excluding steroid dienone is 5. The van der Waals surface area contributed by atoms with Crippen molar-refractivity contribution in [1.29, 1.82) is 0 Å². The third kappa shape index (κ3) is 12.1. The van der Waals surface area contributed by atoms with Gasteiger partial charge in [-0.05, 0) is 78.2 Å². The maximum Gasteiger partial charge on any atom is 0.306 e. The van der Waals surface area contributed by atoms with Crippen LogP contribution in [0.5, 0.6) is 0 Å². The van der Waals surface area contributed by atoms with E-state index < -0.39 is 0 Å². The first-order valence-corrected chi connectivity index (χ1v) is 10.6. The summed E-state index contributed by atoms with van der Waals surface area (Å²) in [6, 6.07) is 0. The summed E-state index contributed by atoms with van der Waals surface area (Å²) in [6.07, 6.45) is 19.3. The fourth-order valence-corrected chi connectivity index (χ4v) is 3.48. The Kier molecular flexibility index (Phi) is 12.1. The summed E-state index contributed by atoms with van der Waals surface area (Å²) in [6.45, 7) is 9.08. The zero-order chi connectivity index (χ0) is 19.2.